The zero-order valence-corrected chi connectivity index (χ0v) is 11.8. The normalized spacial score (nSPS) is 26.7. The summed E-state index contributed by atoms with van der Waals surface area (Å²) in [6.07, 6.45) is 1.98. The molecular weight excluding hydrogens is 270 g/mol. The van der Waals surface area contributed by atoms with E-state index in [9.17, 15) is 20.1 Å². The predicted molar refractivity (Wildman–Crippen MR) is 76.6 cm³/mol. The van der Waals surface area contributed by atoms with Crippen molar-refractivity contribution in [3.63, 3.8) is 0 Å². The Morgan fingerprint density at radius 1 is 1.19 bits per heavy atom. The number of aliphatic hydroxyl groups excluding tert-OH is 3. The van der Waals surface area contributed by atoms with Crippen LogP contribution in [0.25, 0.3) is 0 Å². The first-order valence-electron chi connectivity index (χ1n) is 7.38. The molecule has 1 aromatic carbocycles. The summed E-state index contributed by atoms with van der Waals surface area (Å²) in [5.74, 6) is 0.286. The first-order chi connectivity index (χ1) is 10.2. The van der Waals surface area contributed by atoms with E-state index in [0.717, 1.165) is 12.8 Å². The number of nitrogens with one attached hydrogen (secondary N) is 1. The minimum atomic E-state index is -1.33. The highest BCUT2D eigenvalue weighted by atomic mass is 16.3. The number of aliphatic hydroxyl groups is 3. The van der Waals surface area contributed by atoms with Gasteiger partial charge in [-0.2, -0.15) is 0 Å². The van der Waals surface area contributed by atoms with Gasteiger partial charge < -0.3 is 20.6 Å². The molecule has 1 amide bonds. The number of hydrogen-bond donors (Lipinski definition) is 4. The molecule has 3 rings (SSSR count). The largest absolute Gasteiger partial charge is 0.394 e. The van der Waals surface area contributed by atoms with Gasteiger partial charge in [0.1, 0.15) is 5.54 Å². The Morgan fingerprint density at radius 3 is 2.52 bits per heavy atom. The highest BCUT2D eigenvalue weighted by Gasteiger charge is 2.57. The van der Waals surface area contributed by atoms with Crippen molar-refractivity contribution in [3.05, 3.63) is 35.4 Å². The van der Waals surface area contributed by atoms with Gasteiger partial charge in [0, 0.05) is 5.92 Å². The average Bonchev–Trinajstić information content (AvgIpc) is 3.28. The summed E-state index contributed by atoms with van der Waals surface area (Å²) in [6, 6.07) is 8.20. The van der Waals surface area contributed by atoms with Crippen molar-refractivity contribution < 1.29 is 20.1 Å². The van der Waals surface area contributed by atoms with Crippen molar-refractivity contribution in [2.45, 2.75) is 24.3 Å². The number of amides is 1. The molecule has 2 aliphatic rings. The molecule has 0 aromatic heterocycles. The molecule has 21 heavy (non-hydrogen) atoms. The van der Waals surface area contributed by atoms with Gasteiger partial charge in [-0.3, -0.25) is 4.79 Å². The number of fused-ring (bicyclic) bond motifs is 3. The van der Waals surface area contributed by atoms with E-state index in [0.29, 0.717) is 5.92 Å². The molecule has 114 valence electrons. The summed E-state index contributed by atoms with van der Waals surface area (Å²) in [4.78, 5) is 12.4. The highest BCUT2D eigenvalue weighted by Crippen LogP contribution is 2.59. The van der Waals surface area contributed by atoms with Gasteiger partial charge >= 0.3 is 0 Å². The smallest absolute Gasteiger partial charge is 0.224 e. The van der Waals surface area contributed by atoms with E-state index in [4.69, 9.17) is 0 Å². The second-order valence-corrected chi connectivity index (χ2v) is 6.20. The molecular formula is C16H21NO4. The van der Waals surface area contributed by atoms with Gasteiger partial charge in [-0.15, -0.1) is 0 Å². The van der Waals surface area contributed by atoms with Crippen LogP contribution in [-0.2, 0) is 11.2 Å². The van der Waals surface area contributed by atoms with Gasteiger partial charge in [-0.25, -0.2) is 0 Å². The van der Waals surface area contributed by atoms with Crippen LogP contribution in [0.2, 0.25) is 0 Å². The maximum absolute atomic E-state index is 12.4. The fourth-order valence-corrected chi connectivity index (χ4v) is 3.54. The zero-order chi connectivity index (χ0) is 15.0. The summed E-state index contributed by atoms with van der Waals surface area (Å²) < 4.78 is 0. The van der Waals surface area contributed by atoms with Crippen LogP contribution in [0.15, 0.2) is 24.3 Å². The Balaban J connectivity index is 1.74. The third-order valence-corrected chi connectivity index (χ3v) is 4.93. The molecule has 0 heterocycles. The molecule has 4 N–H and O–H groups in total. The molecule has 0 radical (unpaired) electrons. The van der Waals surface area contributed by atoms with Gasteiger partial charge in [0.05, 0.1) is 19.8 Å². The molecule has 5 heteroatoms. The monoisotopic (exact) mass is 291 g/mol. The summed E-state index contributed by atoms with van der Waals surface area (Å²) in [6.45, 7) is -1.45. The third kappa shape index (κ3) is 2.35. The Labute approximate surface area is 123 Å². The second kappa shape index (κ2) is 5.40. The fraction of sp³-hybridized carbons (Fsp3) is 0.562. The van der Waals surface area contributed by atoms with E-state index in [2.05, 4.69) is 17.4 Å². The van der Waals surface area contributed by atoms with Crippen molar-refractivity contribution in [1.82, 2.24) is 5.32 Å². The van der Waals surface area contributed by atoms with Crippen molar-refractivity contribution in [2.24, 2.45) is 11.8 Å². The van der Waals surface area contributed by atoms with Crippen LogP contribution in [0.1, 0.15) is 23.5 Å². The molecule has 3 atom stereocenters. The first-order valence-corrected chi connectivity index (χ1v) is 7.38. The van der Waals surface area contributed by atoms with E-state index < -0.39 is 25.4 Å². The van der Waals surface area contributed by atoms with Crippen LogP contribution in [-0.4, -0.2) is 46.6 Å². The minimum Gasteiger partial charge on any atom is -0.394 e. The Morgan fingerprint density at radius 2 is 1.86 bits per heavy atom. The minimum absolute atomic E-state index is 0.113. The molecule has 0 spiro atoms. The van der Waals surface area contributed by atoms with Crippen LogP contribution in [0.5, 0.6) is 0 Å². The van der Waals surface area contributed by atoms with E-state index in [1.54, 1.807) is 0 Å². The number of carbonyl (C=O) groups excluding carboxylic acids is 1. The third-order valence-electron chi connectivity index (χ3n) is 4.93. The average molecular weight is 291 g/mol. The molecule has 3 unspecified atom stereocenters. The van der Waals surface area contributed by atoms with Crippen LogP contribution >= 0.6 is 0 Å². The van der Waals surface area contributed by atoms with E-state index >= 15 is 0 Å². The lowest BCUT2D eigenvalue weighted by molar-refractivity contribution is -0.127. The number of aryl methyl sites for hydroxylation is 1. The summed E-state index contributed by atoms with van der Waals surface area (Å²) in [5, 5.41) is 30.6. The fourth-order valence-electron chi connectivity index (χ4n) is 3.54. The Hall–Kier alpha value is -1.43. The standard InChI is InChI=1S/C16H21NO4/c18-7-16(8-19,9-20)17-15(21)14-12-6-5-10-3-1-2-4-11(10)13(12)14/h1-4,12-14,18-20H,5-9H2,(H,17,21). The number of carbonyl (C=O) groups is 1. The molecule has 0 saturated heterocycles. The van der Waals surface area contributed by atoms with Crippen molar-refractivity contribution >= 4 is 5.91 Å². The number of rotatable bonds is 5. The number of hydrogen-bond acceptors (Lipinski definition) is 4. The van der Waals surface area contributed by atoms with Gasteiger partial charge in [0.15, 0.2) is 0 Å². The maximum atomic E-state index is 12.4. The quantitative estimate of drug-likeness (QED) is 0.604. The lowest BCUT2D eigenvalue weighted by atomic mass is 9.92. The molecule has 2 aliphatic carbocycles. The second-order valence-electron chi connectivity index (χ2n) is 6.20. The molecule has 0 bridgehead atoms. The number of benzene rings is 1. The Bertz CT molecular complexity index is 533. The first kappa shape index (κ1) is 14.5. The molecule has 1 fully saturated rings. The van der Waals surface area contributed by atoms with Crippen LogP contribution < -0.4 is 5.32 Å². The molecule has 5 nitrogen and oxygen atoms in total. The maximum Gasteiger partial charge on any atom is 0.224 e. The molecule has 1 saturated carbocycles. The zero-order valence-electron chi connectivity index (χ0n) is 11.8. The SMILES string of the molecule is O=C(NC(CO)(CO)CO)C1C2CCc3ccccc3C21. The van der Waals surface area contributed by atoms with Crippen molar-refractivity contribution in [3.8, 4) is 0 Å². The van der Waals surface area contributed by atoms with E-state index in [1.165, 1.54) is 11.1 Å². The predicted octanol–water partition coefficient (Wildman–Crippen LogP) is -0.206. The molecule has 1 aromatic rings. The van der Waals surface area contributed by atoms with E-state index in [-0.39, 0.29) is 17.7 Å². The van der Waals surface area contributed by atoms with Crippen molar-refractivity contribution in [2.75, 3.05) is 19.8 Å². The van der Waals surface area contributed by atoms with Gasteiger partial charge in [-0.05, 0) is 35.8 Å². The van der Waals surface area contributed by atoms with Gasteiger partial charge in [0.25, 0.3) is 0 Å². The van der Waals surface area contributed by atoms with Crippen LogP contribution in [0, 0.1) is 11.8 Å². The Kier molecular flexibility index (Phi) is 3.73. The lowest BCUT2D eigenvalue weighted by Gasteiger charge is -2.28. The lowest BCUT2D eigenvalue weighted by Crippen LogP contribution is -2.57. The summed E-state index contributed by atoms with van der Waals surface area (Å²) in [7, 11) is 0. The topological polar surface area (TPSA) is 89.8 Å². The van der Waals surface area contributed by atoms with Crippen LogP contribution in [0.3, 0.4) is 0 Å². The van der Waals surface area contributed by atoms with Gasteiger partial charge in [-0.1, -0.05) is 24.3 Å². The summed E-state index contributed by atoms with van der Waals surface area (Å²) in [5.41, 5.74) is 1.23. The highest BCUT2D eigenvalue weighted by molar-refractivity contribution is 5.84. The summed E-state index contributed by atoms with van der Waals surface area (Å²) >= 11 is 0. The van der Waals surface area contributed by atoms with E-state index in [1.807, 2.05) is 12.1 Å². The van der Waals surface area contributed by atoms with Crippen molar-refractivity contribution in [1.29, 1.82) is 0 Å². The molecule has 0 aliphatic heterocycles. The van der Waals surface area contributed by atoms with Gasteiger partial charge in [0.2, 0.25) is 5.91 Å². The van der Waals surface area contributed by atoms with Crippen LogP contribution in [0.4, 0.5) is 0 Å².